The molecule has 2 unspecified atom stereocenters. The first-order valence-electron chi connectivity index (χ1n) is 6.46. The summed E-state index contributed by atoms with van der Waals surface area (Å²) < 4.78 is 7.73. The highest BCUT2D eigenvalue weighted by Crippen LogP contribution is 2.29. The van der Waals surface area contributed by atoms with E-state index in [1.54, 1.807) is 0 Å². The van der Waals surface area contributed by atoms with Crippen LogP contribution in [-0.2, 0) is 24.6 Å². The fourth-order valence-corrected chi connectivity index (χ4v) is 2.47. The van der Waals surface area contributed by atoms with Gasteiger partial charge in [0.15, 0.2) is 0 Å². The van der Waals surface area contributed by atoms with E-state index in [1.165, 1.54) is 5.69 Å². The Morgan fingerprint density at radius 2 is 2.41 bits per heavy atom. The van der Waals surface area contributed by atoms with Gasteiger partial charge in [0.1, 0.15) is 0 Å². The van der Waals surface area contributed by atoms with E-state index in [4.69, 9.17) is 10.5 Å². The molecule has 2 heterocycles. The van der Waals surface area contributed by atoms with E-state index in [0.717, 1.165) is 38.0 Å². The number of aromatic nitrogens is 2. The highest BCUT2D eigenvalue weighted by molar-refractivity contribution is 5.13. The van der Waals surface area contributed by atoms with Crippen molar-refractivity contribution in [3.63, 3.8) is 0 Å². The lowest BCUT2D eigenvalue weighted by molar-refractivity contribution is -0.00130. The van der Waals surface area contributed by atoms with Crippen LogP contribution in [0.15, 0.2) is 6.07 Å². The molecule has 2 atom stereocenters. The molecule has 1 fully saturated rings. The fourth-order valence-electron chi connectivity index (χ4n) is 2.47. The minimum absolute atomic E-state index is 0.0464. The Balaban J connectivity index is 2.06. The van der Waals surface area contributed by atoms with Gasteiger partial charge in [-0.05, 0) is 32.3 Å². The molecule has 1 aromatic rings. The SMILES string of the molecule is CCc1cc(CC(N)C2(C)CCCO2)n(C)n1. The van der Waals surface area contributed by atoms with Gasteiger partial charge in [-0.1, -0.05) is 6.92 Å². The minimum Gasteiger partial charge on any atom is -0.374 e. The fraction of sp³-hybridized carbons (Fsp3) is 0.769. The molecule has 0 amide bonds. The molecule has 0 aliphatic carbocycles. The first-order valence-corrected chi connectivity index (χ1v) is 6.46. The highest BCUT2D eigenvalue weighted by Gasteiger charge is 2.36. The Labute approximate surface area is 103 Å². The van der Waals surface area contributed by atoms with Gasteiger partial charge in [0.05, 0.1) is 11.3 Å². The monoisotopic (exact) mass is 237 g/mol. The van der Waals surface area contributed by atoms with Crippen LogP contribution in [0, 0.1) is 0 Å². The summed E-state index contributed by atoms with van der Waals surface area (Å²) in [4.78, 5) is 0. The predicted molar refractivity (Wildman–Crippen MR) is 67.9 cm³/mol. The number of nitrogens with two attached hydrogens (primary N) is 1. The van der Waals surface area contributed by atoms with Gasteiger partial charge in [0.25, 0.3) is 0 Å². The maximum atomic E-state index is 6.30. The third-order valence-electron chi connectivity index (χ3n) is 3.85. The van der Waals surface area contributed by atoms with Crippen molar-refractivity contribution in [2.45, 2.75) is 51.2 Å². The van der Waals surface area contributed by atoms with E-state index in [2.05, 4.69) is 25.0 Å². The van der Waals surface area contributed by atoms with Crippen molar-refractivity contribution in [1.82, 2.24) is 9.78 Å². The van der Waals surface area contributed by atoms with Gasteiger partial charge in [0, 0.05) is 31.8 Å². The predicted octanol–water partition coefficient (Wildman–Crippen LogP) is 1.42. The summed E-state index contributed by atoms with van der Waals surface area (Å²) in [6.07, 6.45) is 3.99. The molecule has 0 spiro atoms. The molecule has 0 aromatic carbocycles. The Kier molecular flexibility index (Phi) is 3.54. The lowest BCUT2D eigenvalue weighted by Crippen LogP contribution is -2.46. The summed E-state index contributed by atoms with van der Waals surface area (Å²) in [5, 5.41) is 4.45. The van der Waals surface area contributed by atoms with E-state index >= 15 is 0 Å². The average Bonchev–Trinajstić information content (AvgIpc) is 2.87. The molecule has 2 rings (SSSR count). The average molecular weight is 237 g/mol. The molecule has 4 heteroatoms. The van der Waals surface area contributed by atoms with Crippen LogP contribution in [0.1, 0.15) is 38.1 Å². The van der Waals surface area contributed by atoms with Gasteiger partial charge in [-0.3, -0.25) is 4.68 Å². The van der Waals surface area contributed by atoms with E-state index in [-0.39, 0.29) is 11.6 Å². The molecule has 0 bridgehead atoms. The van der Waals surface area contributed by atoms with Gasteiger partial charge < -0.3 is 10.5 Å². The van der Waals surface area contributed by atoms with Crippen molar-refractivity contribution >= 4 is 0 Å². The lowest BCUT2D eigenvalue weighted by Gasteiger charge is -2.30. The summed E-state index contributed by atoms with van der Waals surface area (Å²) in [7, 11) is 1.99. The third kappa shape index (κ3) is 2.53. The van der Waals surface area contributed by atoms with Crippen LogP contribution in [0.25, 0.3) is 0 Å². The summed E-state index contributed by atoms with van der Waals surface area (Å²) in [5.41, 5.74) is 8.47. The van der Waals surface area contributed by atoms with Crippen molar-refractivity contribution in [3.8, 4) is 0 Å². The number of rotatable bonds is 4. The van der Waals surface area contributed by atoms with Gasteiger partial charge >= 0.3 is 0 Å². The molecule has 96 valence electrons. The van der Waals surface area contributed by atoms with E-state index in [9.17, 15) is 0 Å². The quantitative estimate of drug-likeness (QED) is 0.861. The molecular formula is C13H23N3O. The first kappa shape index (κ1) is 12.6. The minimum atomic E-state index is -0.156. The molecule has 2 N–H and O–H groups in total. The third-order valence-corrected chi connectivity index (χ3v) is 3.85. The van der Waals surface area contributed by atoms with Crippen LogP contribution in [-0.4, -0.2) is 28.0 Å². The molecule has 1 aliphatic heterocycles. The molecule has 1 aromatic heterocycles. The molecule has 4 nitrogen and oxygen atoms in total. The standard InChI is InChI=1S/C13H23N3O/c1-4-10-8-11(16(3)15-10)9-12(14)13(2)6-5-7-17-13/h8,12H,4-7,9,14H2,1-3H3. The van der Waals surface area contributed by atoms with E-state index in [1.807, 2.05) is 11.7 Å². The Bertz CT molecular complexity index is 380. The summed E-state index contributed by atoms with van der Waals surface area (Å²) >= 11 is 0. The van der Waals surface area contributed by atoms with Crippen LogP contribution in [0.5, 0.6) is 0 Å². The number of hydrogen-bond acceptors (Lipinski definition) is 3. The second-order valence-corrected chi connectivity index (χ2v) is 5.18. The molecule has 1 aliphatic rings. The molecule has 17 heavy (non-hydrogen) atoms. The van der Waals surface area contributed by atoms with Gasteiger partial charge in [-0.2, -0.15) is 5.10 Å². The molecule has 0 radical (unpaired) electrons. The molecule has 1 saturated heterocycles. The summed E-state index contributed by atoms with van der Waals surface area (Å²) in [5.74, 6) is 0. The number of hydrogen-bond donors (Lipinski definition) is 1. The Morgan fingerprint density at radius 1 is 1.65 bits per heavy atom. The van der Waals surface area contributed by atoms with E-state index < -0.39 is 0 Å². The summed E-state index contributed by atoms with van der Waals surface area (Å²) in [6, 6.07) is 2.20. The van der Waals surface area contributed by atoms with Crippen molar-refractivity contribution in [1.29, 1.82) is 0 Å². The molecule has 0 saturated carbocycles. The van der Waals surface area contributed by atoms with Gasteiger partial charge in [-0.15, -0.1) is 0 Å². The highest BCUT2D eigenvalue weighted by atomic mass is 16.5. The Morgan fingerprint density at radius 3 is 2.94 bits per heavy atom. The van der Waals surface area contributed by atoms with Crippen molar-refractivity contribution in [2.24, 2.45) is 12.8 Å². The summed E-state index contributed by atoms with van der Waals surface area (Å²) in [6.45, 7) is 5.09. The Hall–Kier alpha value is -0.870. The number of nitrogens with zero attached hydrogens (tertiary/aromatic N) is 2. The zero-order valence-electron chi connectivity index (χ0n) is 11.1. The van der Waals surface area contributed by atoms with Crippen LogP contribution >= 0.6 is 0 Å². The maximum Gasteiger partial charge on any atom is 0.0809 e. The smallest absolute Gasteiger partial charge is 0.0809 e. The van der Waals surface area contributed by atoms with E-state index in [0.29, 0.717) is 0 Å². The van der Waals surface area contributed by atoms with Gasteiger partial charge in [-0.25, -0.2) is 0 Å². The first-order chi connectivity index (χ1) is 8.05. The van der Waals surface area contributed by atoms with Crippen LogP contribution < -0.4 is 5.73 Å². The molecular weight excluding hydrogens is 214 g/mol. The number of ether oxygens (including phenoxy) is 1. The normalized spacial score (nSPS) is 26.4. The number of aryl methyl sites for hydroxylation is 2. The second-order valence-electron chi connectivity index (χ2n) is 5.18. The zero-order valence-corrected chi connectivity index (χ0v) is 11.1. The topological polar surface area (TPSA) is 53.1 Å². The van der Waals surface area contributed by atoms with Crippen molar-refractivity contribution in [3.05, 3.63) is 17.5 Å². The zero-order chi connectivity index (χ0) is 12.5. The second kappa shape index (κ2) is 4.78. The van der Waals surface area contributed by atoms with Crippen LogP contribution in [0.3, 0.4) is 0 Å². The largest absolute Gasteiger partial charge is 0.374 e. The lowest BCUT2D eigenvalue weighted by atomic mass is 9.90. The van der Waals surface area contributed by atoms with Gasteiger partial charge in [0.2, 0.25) is 0 Å². The van der Waals surface area contributed by atoms with Crippen LogP contribution in [0.4, 0.5) is 0 Å². The van der Waals surface area contributed by atoms with Crippen molar-refractivity contribution < 1.29 is 4.74 Å². The van der Waals surface area contributed by atoms with Crippen molar-refractivity contribution in [2.75, 3.05) is 6.61 Å². The van der Waals surface area contributed by atoms with Crippen LogP contribution in [0.2, 0.25) is 0 Å². The maximum absolute atomic E-state index is 6.30.